The Labute approximate surface area is 275 Å². The van der Waals surface area contributed by atoms with Gasteiger partial charge in [0, 0.05) is 42.0 Å². The second kappa shape index (κ2) is 13.7. The van der Waals surface area contributed by atoms with Gasteiger partial charge < -0.3 is 19.7 Å². The highest BCUT2D eigenvalue weighted by atomic mass is 35.5. The number of likely N-dealkylation sites (tertiary alicyclic amines) is 1. The van der Waals surface area contributed by atoms with Crippen LogP contribution < -0.4 is 10.2 Å². The van der Waals surface area contributed by atoms with E-state index in [1.54, 1.807) is 33.8 Å². The maximum Gasteiger partial charge on any atom is 0.416 e. The standard InChI is InChI=1S/C34H45ClN6O5/c1-21(2)26-19-36-41-28(18-27(38-29(26)41)24-13-15-39(16-14-24)31(43)45-33(4,5)6)40(32(44)46-34(7,8)9)20-23-11-10-12-25(17-23)37-30(42)22(3)35/h10-12,17-19,21,24H,3,13-16,20H2,1-2,4-9H3,(H,37,42). The lowest BCUT2D eigenvalue weighted by molar-refractivity contribution is -0.112. The number of hydrogen-bond acceptors (Lipinski definition) is 7. The van der Waals surface area contributed by atoms with E-state index in [1.807, 2.05) is 53.7 Å². The van der Waals surface area contributed by atoms with Crippen molar-refractivity contribution in [2.24, 2.45) is 0 Å². The summed E-state index contributed by atoms with van der Waals surface area (Å²) in [6.45, 7) is 19.8. The van der Waals surface area contributed by atoms with E-state index >= 15 is 0 Å². The first kappa shape index (κ1) is 34.7. The van der Waals surface area contributed by atoms with E-state index in [-0.39, 0.29) is 29.5 Å². The number of ether oxygens (including phenoxy) is 2. The molecule has 1 aliphatic rings. The number of carbonyl (C=O) groups excluding carboxylic acids is 3. The average Bonchev–Trinajstić information content (AvgIpc) is 3.38. The first-order chi connectivity index (χ1) is 21.4. The number of benzene rings is 1. The fourth-order valence-corrected chi connectivity index (χ4v) is 5.21. The smallest absolute Gasteiger partial charge is 0.416 e. The molecule has 0 saturated carbocycles. The van der Waals surface area contributed by atoms with Gasteiger partial charge in [0.15, 0.2) is 5.65 Å². The van der Waals surface area contributed by atoms with Gasteiger partial charge in [-0.3, -0.25) is 9.69 Å². The molecule has 0 aliphatic carbocycles. The molecule has 248 valence electrons. The average molecular weight is 653 g/mol. The largest absolute Gasteiger partial charge is 0.444 e. The van der Waals surface area contributed by atoms with E-state index < -0.39 is 23.2 Å². The van der Waals surface area contributed by atoms with Crippen LogP contribution in [0.2, 0.25) is 0 Å². The second-order valence-corrected chi connectivity index (χ2v) is 14.4. The molecule has 3 aromatic rings. The Morgan fingerprint density at radius 1 is 1.07 bits per heavy atom. The summed E-state index contributed by atoms with van der Waals surface area (Å²) in [4.78, 5) is 47.1. The summed E-state index contributed by atoms with van der Waals surface area (Å²) in [5, 5.41) is 7.25. The van der Waals surface area contributed by atoms with E-state index in [1.165, 1.54) is 4.90 Å². The molecule has 12 heteroatoms. The predicted molar refractivity (Wildman–Crippen MR) is 179 cm³/mol. The first-order valence-electron chi connectivity index (χ1n) is 15.5. The fraction of sp³-hybridized carbons (Fsp3) is 0.500. The number of anilines is 2. The van der Waals surface area contributed by atoms with Gasteiger partial charge in [-0.25, -0.2) is 14.6 Å². The Balaban J connectivity index is 1.75. The number of hydrogen-bond donors (Lipinski definition) is 1. The topological polar surface area (TPSA) is 118 Å². The predicted octanol–water partition coefficient (Wildman–Crippen LogP) is 7.60. The quantitative estimate of drug-likeness (QED) is 0.261. The molecule has 1 aromatic carbocycles. The van der Waals surface area contributed by atoms with E-state index in [4.69, 9.17) is 26.1 Å². The van der Waals surface area contributed by atoms with Crippen LogP contribution in [0.4, 0.5) is 21.1 Å². The number of amides is 3. The summed E-state index contributed by atoms with van der Waals surface area (Å²) >= 11 is 5.78. The van der Waals surface area contributed by atoms with Crippen LogP contribution in [0.15, 0.2) is 48.1 Å². The van der Waals surface area contributed by atoms with Crippen molar-refractivity contribution >= 4 is 46.8 Å². The van der Waals surface area contributed by atoms with Crippen LogP contribution in [0.1, 0.15) is 96.9 Å². The Morgan fingerprint density at radius 2 is 1.72 bits per heavy atom. The molecule has 46 heavy (non-hydrogen) atoms. The van der Waals surface area contributed by atoms with Gasteiger partial charge in [-0.1, -0.05) is 44.2 Å². The minimum Gasteiger partial charge on any atom is -0.444 e. The third-order valence-electron chi connectivity index (χ3n) is 7.35. The molecule has 0 bridgehead atoms. The first-order valence-corrected chi connectivity index (χ1v) is 15.9. The lowest BCUT2D eigenvalue weighted by atomic mass is 9.93. The van der Waals surface area contributed by atoms with Crippen molar-refractivity contribution in [3.05, 3.63) is 65.0 Å². The van der Waals surface area contributed by atoms with E-state index in [2.05, 4.69) is 30.8 Å². The van der Waals surface area contributed by atoms with Crippen LogP contribution in [0.5, 0.6) is 0 Å². The molecule has 3 amide bonds. The molecule has 2 aromatic heterocycles. The van der Waals surface area contributed by atoms with Crippen LogP contribution in [0.25, 0.3) is 5.65 Å². The number of nitrogens with zero attached hydrogens (tertiary/aromatic N) is 5. The molecule has 11 nitrogen and oxygen atoms in total. The molecule has 0 atom stereocenters. The minimum atomic E-state index is -0.761. The van der Waals surface area contributed by atoms with Gasteiger partial charge in [0.05, 0.1) is 17.8 Å². The van der Waals surface area contributed by atoms with Crippen molar-refractivity contribution in [2.75, 3.05) is 23.3 Å². The molecule has 0 unspecified atom stereocenters. The Bertz CT molecular complexity index is 1610. The lowest BCUT2D eigenvalue weighted by Crippen LogP contribution is -2.41. The SMILES string of the molecule is C=C(Cl)C(=O)Nc1cccc(CN(C(=O)OC(C)(C)C)c2cc(C3CCN(C(=O)OC(C)(C)C)CC3)nc3c(C(C)C)cnn23)c1. The number of aromatic nitrogens is 3. The summed E-state index contributed by atoms with van der Waals surface area (Å²) in [6.07, 6.45) is 2.28. The van der Waals surface area contributed by atoms with Gasteiger partial charge >= 0.3 is 12.2 Å². The van der Waals surface area contributed by atoms with Crippen molar-refractivity contribution < 1.29 is 23.9 Å². The van der Waals surface area contributed by atoms with Gasteiger partial charge in [-0.05, 0) is 78.0 Å². The molecule has 1 N–H and O–H groups in total. The summed E-state index contributed by atoms with van der Waals surface area (Å²) in [6, 6.07) is 9.03. The summed E-state index contributed by atoms with van der Waals surface area (Å²) in [5.41, 5.74) is 2.33. The summed E-state index contributed by atoms with van der Waals surface area (Å²) < 4.78 is 13.2. The Kier molecular flexibility index (Phi) is 10.4. The molecular formula is C34H45ClN6O5. The van der Waals surface area contributed by atoms with E-state index in [9.17, 15) is 14.4 Å². The Hall–Kier alpha value is -4.12. The van der Waals surface area contributed by atoms with Gasteiger partial charge in [0.2, 0.25) is 0 Å². The van der Waals surface area contributed by atoms with Crippen molar-refractivity contribution in [1.29, 1.82) is 0 Å². The van der Waals surface area contributed by atoms with Crippen molar-refractivity contribution in [1.82, 2.24) is 19.5 Å². The van der Waals surface area contributed by atoms with Gasteiger partial charge in [-0.15, -0.1) is 0 Å². The fourth-order valence-electron chi connectivity index (χ4n) is 5.16. The van der Waals surface area contributed by atoms with Crippen molar-refractivity contribution in [3.8, 4) is 0 Å². The molecule has 4 rings (SSSR count). The molecule has 1 saturated heterocycles. The second-order valence-electron chi connectivity index (χ2n) is 13.9. The number of rotatable bonds is 7. The molecule has 1 fully saturated rings. The third kappa shape index (κ3) is 8.78. The van der Waals surface area contributed by atoms with Gasteiger partial charge in [0.25, 0.3) is 5.91 Å². The monoisotopic (exact) mass is 652 g/mol. The zero-order valence-electron chi connectivity index (χ0n) is 28.0. The van der Waals surface area contributed by atoms with Crippen LogP contribution in [0, 0.1) is 0 Å². The number of halogens is 1. The zero-order chi connectivity index (χ0) is 34.0. The van der Waals surface area contributed by atoms with Crippen LogP contribution in [0.3, 0.4) is 0 Å². The number of nitrogens with one attached hydrogen (secondary N) is 1. The van der Waals surface area contributed by atoms with Gasteiger partial charge in [-0.2, -0.15) is 9.61 Å². The Morgan fingerprint density at radius 3 is 2.30 bits per heavy atom. The van der Waals surface area contributed by atoms with E-state index in [0.717, 1.165) is 16.8 Å². The third-order valence-corrected chi connectivity index (χ3v) is 7.52. The molecule has 0 spiro atoms. The number of piperidine rings is 1. The summed E-state index contributed by atoms with van der Waals surface area (Å²) in [7, 11) is 0. The minimum absolute atomic E-state index is 0.0417. The lowest BCUT2D eigenvalue weighted by Gasteiger charge is -2.33. The maximum absolute atomic E-state index is 13.9. The highest BCUT2D eigenvalue weighted by molar-refractivity contribution is 6.43. The van der Waals surface area contributed by atoms with Crippen LogP contribution >= 0.6 is 11.6 Å². The summed E-state index contributed by atoms with van der Waals surface area (Å²) in [5.74, 6) is 0.159. The van der Waals surface area contributed by atoms with E-state index in [0.29, 0.717) is 43.1 Å². The van der Waals surface area contributed by atoms with Crippen LogP contribution in [-0.4, -0.2) is 61.9 Å². The highest BCUT2D eigenvalue weighted by Crippen LogP contribution is 2.33. The number of carbonyl (C=O) groups is 3. The maximum atomic E-state index is 13.9. The molecular weight excluding hydrogens is 608 g/mol. The highest BCUT2D eigenvalue weighted by Gasteiger charge is 2.32. The molecule has 1 aliphatic heterocycles. The molecule has 3 heterocycles. The molecule has 0 radical (unpaired) electrons. The number of fused-ring (bicyclic) bond motifs is 1. The zero-order valence-corrected chi connectivity index (χ0v) is 28.8. The van der Waals surface area contributed by atoms with Crippen LogP contribution in [-0.2, 0) is 20.8 Å². The van der Waals surface area contributed by atoms with Crippen molar-refractivity contribution in [2.45, 2.75) is 97.8 Å². The van der Waals surface area contributed by atoms with Crippen molar-refractivity contribution in [3.63, 3.8) is 0 Å². The van der Waals surface area contributed by atoms with Gasteiger partial charge in [0.1, 0.15) is 17.0 Å². The normalized spacial score (nSPS) is 14.3.